The van der Waals surface area contributed by atoms with Crippen molar-refractivity contribution in [1.82, 2.24) is 5.32 Å². The molecule has 0 fully saturated rings. The van der Waals surface area contributed by atoms with Crippen molar-refractivity contribution < 1.29 is 9.53 Å². The highest BCUT2D eigenvalue weighted by Crippen LogP contribution is 2.00. The molecule has 0 aliphatic rings. The Balaban J connectivity index is 2.24. The maximum Gasteiger partial charge on any atom is 0.407 e. The van der Waals surface area contributed by atoms with Crippen molar-refractivity contribution >= 4 is 6.09 Å². The van der Waals surface area contributed by atoms with E-state index in [1.807, 2.05) is 43.3 Å². The Morgan fingerprint density at radius 1 is 1.41 bits per heavy atom. The van der Waals surface area contributed by atoms with E-state index in [2.05, 4.69) is 5.32 Å². The van der Waals surface area contributed by atoms with Gasteiger partial charge in [0, 0.05) is 5.70 Å². The monoisotopic (exact) mass is 234 g/mol. The number of carbonyl (C=O) groups excluding carboxylic acids is 1. The zero-order valence-electron chi connectivity index (χ0n) is 9.98. The zero-order valence-corrected chi connectivity index (χ0v) is 9.98. The average Bonchev–Trinajstić information content (AvgIpc) is 2.35. The summed E-state index contributed by atoms with van der Waals surface area (Å²) in [4.78, 5) is 11.3. The second-order valence-corrected chi connectivity index (χ2v) is 3.60. The second-order valence-electron chi connectivity index (χ2n) is 3.60. The molecule has 17 heavy (non-hydrogen) atoms. The number of ether oxygens (including phenoxy) is 1. The number of nitrogens with one attached hydrogen (secondary N) is 1. The smallest absolute Gasteiger partial charge is 0.407 e. The van der Waals surface area contributed by atoms with Crippen molar-refractivity contribution in [1.29, 1.82) is 0 Å². The maximum atomic E-state index is 11.3. The van der Waals surface area contributed by atoms with E-state index >= 15 is 0 Å². The molecule has 1 aromatic rings. The SMILES string of the molecule is CC/C=C(/N)CNC(=O)OCc1ccccc1. The maximum absolute atomic E-state index is 11.3. The number of alkyl carbamates (subject to hydrolysis) is 1. The summed E-state index contributed by atoms with van der Waals surface area (Å²) in [7, 11) is 0. The minimum atomic E-state index is -0.457. The molecule has 0 aliphatic carbocycles. The van der Waals surface area contributed by atoms with E-state index < -0.39 is 6.09 Å². The number of rotatable bonds is 5. The fourth-order valence-corrected chi connectivity index (χ4v) is 1.28. The summed E-state index contributed by atoms with van der Waals surface area (Å²) in [5.41, 5.74) is 7.23. The zero-order chi connectivity index (χ0) is 12.5. The lowest BCUT2D eigenvalue weighted by molar-refractivity contribution is 0.140. The summed E-state index contributed by atoms with van der Waals surface area (Å²) >= 11 is 0. The minimum absolute atomic E-state index is 0.268. The van der Waals surface area contributed by atoms with Gasteiger partial charge >= 0.3 is 6.09 Å². The van der Waals surface area contributed by atoms with Gasteiger partial charge in [0.05, 0.1) is 6.54 Å². The molecule has 0 atom stereocenters. The van der Waals surface area contributed by atoms with Crippen molar-refractivity contribution in [2.24, 2.45) is 5.73 Å². The van der Waals surface area contributed by atoms with Crippen LogP contribution >= 0.6 is 0 Å². The Kier molecular flexibility index (Phi) is 5.64. The van der Waals surface area contributed by atoms with E-state index in [1.165, 1.54) is 0 Å². The molecule has 0 radical (unpaired) electrons. The number of nitrogens with two attached hydrogens (primary N) is 1. The molecule has 4 heteroatoms. The van der Waals surface area contributed by atoms with Gasteiger partial charge in [-0.25, -0.2) is 4.79 Å². The van der Waals surface area contributed by atoms with Crippen molar-refractivity contribution in [2.45, 2.75) is 20.0 Å². The number of benzene rings is 1. The Labute approximate surface area is 101 Å². The average molecular weight is 234 g/mol. The largest absolute Gasteiger partial charge is 0.445 e. The summed E-state index contributed by atoms with van der Waals surface area (Å²) in [6, 6.07) is 9.52. The first-order chi connectivity index (χ1) is 8.22. The van der Waals surface area contributed by atoms with Crippen LogP contribution in [-0.4, -0.2) is 12.6 Å². The van der Waals surface area contributed by atoms with Gasteiger partial charge in [0.2, 0.25) is 0 Å². The first-order valence-corrected chi connectivity index (χ1v) is 5.61. The molecule has 0 saturated heterocycles. The number of carbonyl (C=O) groups is 1. The van der Waals surface area contributed by atoms with Gasteiger partial charge in [-0.15, -0.1) is 0 Å². The van der Waals surface area contributed by atoms with Gasteiger partial charge in [-0.2, -0.15) is 0 Å². The van der Waals surface area contributed by atoms with Crippen LogP contribution in [-0.2, 0) is 11.3 Å². The number of hydrogen-bond acceptors (Lipinski definition) is 3. The first kappa shape index (κ1) is 13.1. The fourth-order valence-electron chi connectivity index (χ4n) is 1.28. The summed E-state index contributed by atoms with van der Waals surface area (Å²) in [6.07, 6.45) is 2.26. The van der Waals surface area contributed by atoms with Crippen LogP contribution in [0.2, 0.25) is 0 Å². The molecule has 3 N–H and O–H groups in total. The van der Waals surface area contributed by atoms with E-state index in [-0.39, 0.29) is 6.61 Å². The van der Waals surface area contributed by atoms with Crippen molar-refractivity contribution in [3.8, 4) is 0 Å². The predicted octanol–water partition coefficient (Wildman–Crippen LogP) is 2.17. The van der Waals surface area contributed by atoms with Gasteiger partial charge in [-0.05, 0) is 12.0 Å². The quantitative estimate of drug-likeness (QED) is 0.820. The minimum Gasteiger partial charge on any atom is -0.445 e. The summed E-state index contributed by atoms with van der Waals surface area (Å²) in [6.45, 7) is 2.58. The van der Waals surface area contributed by atoms with Crippen LogP contribution in [0, 0.1) is 0 Å². The van der Waals surface area contributed by atoms with Crippen molar-refractivity contribution in [3.05, 3.63) is 47.7 Å². The van der Waals surface area contributed by atoms with E-state index in [9.17, 15) is 4.79 Å². The number of allylic oxidation sites excluding steroid dienone is 1. The van der Waals surface area contributed by atoms with Crippen molar-refractivity contribution in [3.63, 3.8) is 0 Å². The van der Waals surface area contributed by atoms with Crippen LogP contribution in [0.5, 0.6) is 0 Å². The highest BCUT2D eigenvalue weighted by molar-refractivity contribution is 5.67. The fraction of sp³-hybridized carbons (Fsp3) is 0.308. The third kappa shape index (κ3) is 5.61. The first-order valence-electron chi connectivity index (χ1n) is 5.61. The van der Waals surface area contributed by atoms with Gasteiger partial charge in [0.15, 0.2) is 0 Å². The highest BCUT2D eigenvalue weighted by atomic mass is 16.5. The third-order valence-corrected chi connectivity index (χ3v) is 2.12. The Bertz CT molecular complexity index is 374. The van der Waals surface area contributed by atoms with E-state index in [1.54, 1.807) is 0 Å². The Morgan fingerprint density at radius 2 is 2.12 bits per heavy atom. The molecule has 4 nitrogen and oxygen atoms in total. The van der Waals surface area contributed by atoms with Crippen LogP contribution in [0.3, 0.4) is 0 Å². The van der Waals surface area contributed by atoms with Crippen LogP contribution in [0.25, 0.3) is 0 Å². The molecule has 0 unspecified atom stereocenters. The molecular weight excluding hydrogens is 216 g/mol. The third-order valence-electron chi connectivity index (χ3n) is 2.12. The van der Waals surface area contributed by atoms with Gasteiger partial charge < -0.3 is 15.8 Å². The standard InChI is InChI=1S/C13H18N2O2/c1-2-6-12(14)9-15-13(16)17-10-11-7-4-3-5-8-11/h3-8H,2,9-10,14H2,1H3,(H,15,16)/b12-6+. The van der Waals surface area contributed by atoms with Gasteiger partial charge in [0.25, 0.3) is 0 Å². The van der Waals surface area contributed by atoms with Crippen LogP contribution in [0.1, 0.15) is 18.9 Å². The highest BCUT2D eigenvalue weighted by Gasteiger charge is 2.01. The van der Waals surface area contributed by atoms with Crippen LogP contribution in [0.15, 0.2) is 42.1 Å². The van der Waals surface area contributed by atoms with Gasteiger partial charge in [0.1, 0.15) is 6.61 Å². The number of hydrogen-bond donors (Lipinski definition) is 2. The Hall–Kier alpha value is -1.97. The normalized spacial score (nSPS) is 11.0. The molecule has 0 heterocycles. The summed E-state index contributed by atoms with van der Waals surface area (Å²) < 4.78 is 5.02. The lowest BCUT2D eigenvalue weighted by Gasteiger charge is -2.07. The molecular formula is C13H18N2O2. The van der Waals surface area contributed by atoms with E-state index in [0.717, 1.165) is 12.0 Å². The molecule has 0 aliphatic heterocycles. The lowest BCUT2D eigenvalue weighted by Crippen LogP contribution is -2.28. The molecule has 1 rings (SSSR count). The Morgan fingerprint density at radius 3 is 2.76 bits per heavy atom. The molecule has 0 saturated carbocycles. The van der Waals surface area contributed by atoms with Crippen LogP contribution < -0.4 is 11.1 Å². The van der Waals surface area contributed by atoms with Crippen LogP contribution in [0.4, 0.5) is 4.79 Å². The van der Waals surface area contributed by atoms with Gasteiger partial charge in [-0.1, -0.05) is 43.3 Å². The molecule has 1 amide bonds. The van der Waals surface area contributed by atoms with E-state index in [0.29, 0.717) is 12.2 Å². The van der Waals surface area contributed by atoms with Crippen molar-refractivity contribution in [2.75, 3.05) is 6.54 Å². The molecule has 92 valence electrons. The lowest BCUT2D eigenvalue weighted by atomic mass is 10.2. The number of amides is 1. The molecule has 0 spiro atoms. The van der Waals surface area contributed by atoms with E-state index in [4.69, 9.17) is 10.5 Å². The summed E-state index contributed by atoms with van der Waals surface area (Å²) in [5, 5.41) is 2.58. The predicted molar refractivity (Wildman–Crippen MR) is 67.2 cm³/mol. The topological polar surface area (TPSA) is 64.3 Å². The van der Waals surface area contributed by atoms with Gasteiger partial charge in [-0.3, -0.25) is 0 Å². The molecule has 0 aromatic heterocycles. The molecule has 1 aromatic carbocycles. The summed E-state index contributed by atoms with van der Waals surface area (Å²) in [5.74, 6) is 0. The second kappa shape index (κ2) is 7.33. The molecule has 0 bridgehead atoms.